The van der Waals surface area contributed by atoms with E-state index in [1.807, 2.05) is 0 Å². The molecule has 88 valence electrons. The fourth-order valence-corrected chi connectivity index (χ4v) is 1.56. The summed E-state index contributed by atoms with van der Waals surface area (Å²) in [5, 5.41) is 1.44. The van der Waals surface area contributed by atoms with Gasteiger partial charge in [0, 0.05) is 11.9 Å². The molecule has 0 aliphatic carbocycles. The van der Waals surface area contributed by atoms with E-state index in [1.54, 1.807) is 0 Å². The zero-order valence-electron chi connectivity index (χ0n) is 7.95. The minimum absolute atomic E-state index is 0.152. The lowest BCUT2D eigenvalue weighted by Crippen LogP contribution is -2.11. The summed E-state index contributed by atoms with van der Waals surface area (Å²) >= 11 is 11.0. The van der Waals surface area contributed by atoms with E-state index in [0.717, 1.165) is 13.0 Å². The van der Waals surface area contributed by atoms with E-state index in [-0.39, 0.29) is 10.7 Å². The lowest BCUT2D eigenvalue weighted by Gasteiger charge is -2.13. The van der Waals surface area contributed by atoms with Crippen LogP contribution in [0.2, 0.25) is 10.0 Å². The number of hydrogen-bond acceptors (Lipinski definition) is 1. The van der Waals surface area contributed by atoms with Gasteiger partial charge in [-0.25, -0.2) is 0 Å². The van der Waals surface area contributed by atoms with Gasteiger partial charge in [-0.05, 0) is 12.1 Å². The van der Waals surface area contributed by atoms with Crippen LogP contribution in [0.1, 0.15) is 12.5 Å². The number of halogens is 5. The van der Waals surface area contributed by atoms with Crippen molar-refractivity contribution < 1.29 is 18.0 Å². The second-order valence-electron chi connectivity index (χ2n) is 2.99. The van der Waals surface area contributed by atoms with Gasteiger partial charge < -0.3 is 5.32 Å². The molecule has 1 aromatic rings. The summed E-state index contributed by atoms with van der Waals surface area (Å²) in [6, 6.07) is 1.86. The molecule has 0 spiro atoms. The molecule has 0 bridgehead atoms. The number of alkyl halides is 3. The molecule has 2 nitrogen and oxygen atoms in total. The molecule has 1 aromatic carbocycles. The molecule has 0 aromatic heterocycles. The van der Waals surface area contributed by atoms with Crippen molar-refractivity contribution in [1.29, 1.82) is 0 Å². The van der Waals surface area contributed by atoms with E-state index < -0.39 is 22.7 Å². The summed E-state index contributed by atoms with van der Waals surface area (Å²) in [6.07, 6.45) is -4.62. The highest BCUT2D eigenvalue weighted by Crippen LogP contribution is 2.40. The summed E-state index contributed by atoms with van der Waals surface area (Å²) in [4.78, 5) is 10.7. The highest BCUT2D eigenvalue weighted by molar-refractivity contribution is 6.36. The van der Waals surface area contributed by atoms with Gasteiger partial charge in [-0.2, -0.15) is 13.2 Å². The van der Waals surface area contributed by atoms with E-state index in [0.29, 0.717) is 6.07 Å². The SMILES string of the molecule is CC(=O)Nc1cc(Cl)cc(C(F)(F)F)c1Cl. The lowest BCUT2D eigenvalue weighted by atomic mass is 10.2. The van der Waals surface area contributed by atoms with Gasteiger partial charge in [0.25, 0.3) is 0 Å². The van der Waals surface area contributed by atoms with Crippen molar-refractivity contribution in [3.05, 3.63) is 27.7 Å². The molecule has 1 amide bonds. The van der Waals surface area contributed by atoms with E-state index in [9.17, 15) is 18.0 Å². The van der Waals surface area contributed by atoms with Gasteiger partial charge in [0.1, 0.15) is 0 Å². The minimum Gasteiger partial charge on any atom is -0.325 e. The third-order valence-electron chi connectivity index (χ3n) is 1.65. The summed E-state index contributed by atoms with van der Waals surface area (Å²) in [6.45, 7) is 1.16. The van der Waals surface area contributed by atoms with Gasteiger partial charge in [0.2, 0.25) is 5.91 Å². The molecule has 0 aliphatic heterocycles. The number of carbonyl (C=O) groups is 1. The van der Waals surface area contributed by atoms with Crippen molar-refractivity contribution in [2.45, 2.75) is 13.1 Å². The zero-order chi connectivity index (χ0) is 12.5. The van der Waals surface area contributed by atoms with Crippen LogP contribution in [-0.4, -0.2) is 5.91 Å². The zero-order valence-corrected chi connectivity index (χ0v) is 9.46. The Morgan fingerprint density at radius 3 is 2.31 bits per heavy atom. The van der Waals surface area contributed by atoms with Crippen molar-refractivity contribution in [2.24, 2.45) is 0 Å². The molecule has 0 saturated carbocycles. The third kappa shape index (κ3) is 3.02. The predicted octanol–water partition coefficient (Wildman–Crippen LogP) is 3.97. The second-order valence-corrected chi connectivity index (χ2v) is 3.81. The summed E-state index contributed by atoms with van der Waals surface area (Å²) < 4.78 is 37.5. The number of hydrogen-bond donors (Lipinski definition) is 1. The Balaban J connectivity index is 3.32. The second kappa shape index (κ2) is 4.51. The molecule has 1 rings (SSSR count). The van der Waals surface area contributed by atoms with E-state index in [1.165, 1.54) is 0 Å². The van der Waals surface area contributed by atoms with Gasteiger partial charge in [-0.1, -0.05) is 23.2 Å². The average molecular weight is 272 g/mol. The Kier molecular flexibility index (Phi) is 3.70. The number of amides is 1. The van der Waals surface area contributed by atoms with Crippen LogP contribution >= 0.6 is 23.2 Å². The summed E-state index contributed by atoms with van der Waals surface area (Å²) in [5.41, 5.74) is -1.24. The Morgan fingerprint density at radius 1 is 1.31 bits per heavy atom. The smallest absolute Gasteiger partial charge is 0.325 e. The molecule has 0 saturated heterocycles. The van der Waals surface area contributed by atoms with Crippen molar-refractivity contribution in [3.63, 3.8) is 0 Å². The molecule has 1 N–H and O–H groups in total. The Labute approximate surface area is 99.3 Å². The lowest BCUT2D eigenvalue weighted by molar-refractivity contribution is -0.137. The molecular weight excluding hydrogens is 266 g/mol. The number of carbonyl (C=O) groups excluding carboxylic acids is 1. The number of rotatable bonds is 1. The quantitative estimate of drug-likeness (QED) is 0.823. The fraction of sp³-hybridized carbons (Fsp3) is 0.222. The van der Waals surface area contributed by atoms with Crippen LogP contribution in [-0.2, 0) is 11.0 Å². The monoisotopic (exact) mass is 271 g/mol. The first-order valence-electron chi connectivity index (χ1n) is 4.05. The van der Waals surface area contributed by atoms with Gasteiger partial charge in [-0.15, -0.1) is 0 Å². The molecule has 0 aliphatic rings. The van der Waals surface area contributed by atoms with Crippen LogP contribution in [0.3, 0.4) is 0 Å². The van der Waals surface area contributed by atoms with E-state index >= 15 is 0 Å². The number of nitrogens with one attached hydrogen (secondary N) is 1. The number of benzene rings is 1. The summed E-state index contributed by atoms with van der Waals surface area (Å²) in [5.74, 6) is -0.530. The number of anilines is 1. The average Bonchev–Trinajstić information content (AvgIpc) is 2.07. The standard InChI is InChI=1S/C9H6Cl2F3NO/c1-4(16)15-7-3-5(10)2-6(8(7)11)9(12,13)14/h2-3H,1H3,(H,15,16). The minimum atomic E-state index is -4.62. The van der Waals surface area contributed by atoms with Gasteiger partial charge in [0.05, 0.1) is 16.3 Å². The first kappa shape index (κ1) is 13.1. The predicted molar refractivity (Wildman–Crippen MR) is 55.8 cm³/mol. The van der Waals surface area contributed by atoms with Crippen LogP contribution < -0.4 is 5.32 Å². The van der Waals surface area contributed by atoms with E-state index in [4.69, 9.17) is 23.2 Å². The maximum Gasteiger partial charge on any atom is 0.417 e. The normalized spacial score (nSPS) is 11.4. The first-order chi connectivity index (χ1) is 7.21. The Hall–Kier alpha value is -0.940. The Morgan fingerprint density at radius 2 is 1.88 bits per heavy atom. The van der Waals surface area contributed by atoms with Gasteiger partial charge in [-0.3, -0.25) is 4.79 Å². The molecule has 0 fully saturated rings. The molecule has 0 radical (unpaired) electrons. The molecule has 0 unspecified atom stereocenters. The Bertz CT molecular complexity index is 431. The van der Waals surface area contributed by atoms with E-state index in [2.05, 4.69) is 5.32 Å². The maximum atomic E-state index is 12.5. The fourth-order valence-electron chi connectivity index (χ4n) is 1.08. The van der Waals surface area contributed by atoms with Crippen LogP contribution in [0.15, 0.2) is 12.1 Å². The maximum absolute atomic E-state index is 12.5. The van der Waals surface area contributed by atoms with Gasteiger partial charge in [0.15, 0.2) is 0 Å². The highest BCUT2D eigenvalue weighted by atomic mass is 35.5. The highest BCUT2D eigenvalue weighted by Gasteiger charge is 2.34. The van der Waals surface area contributed by atoms with Crippen LogP contribution in [0.25, 0.3) is 0 Å². The van der Waals surface area contributed by atoms with Crippen molar-refractivity contribution in [2.75, 3.05) is 5.32 Å². The summed E-state index contributed by atoms with van der Waals surface area (Å²) in [7, 11) is 0. The largest absolute Gasteiger partial charge is 0.417 e. The third-order valence-corrected chi connectivity index (χ3v) is 2.28. The van der Waals surface area contributed by atoms with Crippen LogP contribution in [0.4, 0.5) is 18.9 Å². The van der Waals surface area contributed by atoms with Gasteiger partial charge >= 0.3 is 6.18 Å². The topological polar surface area (TPSA) is 29.1 Å². The molecule has 7 heteroatoms. The molecule has 0 atom stereocenters. The van der Waals surface area contributed by atoms with Crippen molar-refractivity contribution in [1.82, 2.24) is 0 Å². The molecule has 16 heavy (non-hydrogen) atoms. The van der Waals surface area contributed by atoms with Crippen molar-refractivity contribution in [3.8, 4) is 0 Å². The van der Waals surface area contributed by atoms with Crippen LogP contribution in [0.5, 0.6) is 0 Å². The molecule has 0 heterocycles. The van der Waals surface area contributed by atoms with Crippen molar-refractivity contribution >= 4 is 34.8 Å². The molecular formula is C9H6Cl2F3NO. The van der Waals surface area contributed by atoms with Crippen LogP contribution in [0, 0.1) is 0 Å². The first-order valence-corrected chi connectivity index (χ1v) is 4.81.